The molecular weight excluding hydrogens is 280 g/mol. The lowest BCUT2D eigenvalue weighted by Crippen LogP contribution is -2.03. The molecule has 100 valence electrons. The SMILES string of the molecule is CC(=O)c1cn(-c2ccc(Cl)c(OC(F)F)c2)nn1. The molecule has 2 rings (SSSR count). The standard InChI is InChI=1S/C11H8ClF2N3O2/c1-6(18)9-5-17(16-15-9)7-2-3-8(12)10(4-7)19-11(13)14/h2-5,11H,1H3. The third kappa shape index (κ3) is 3.05. The summed E-state index contributed by atoms with van der Waals surface area (Å²) in [5.74, 6) is -0.418. The maximum Gasteiger partial charge on any atom is 0.387 e. The van der Waals surface area contributed by atoms with Crippen molar-refractivity contribution in [2.45, 2.75) is 13.5 Å². The third-order valence-electron chi connectivity index (χ3n) is 2.25. The first-order valence-corrected chi connectivity index (χ1v) is 5.53. The quantitative estimate of drug-likeness (QED) is 0.811. The van der Waals surface area contributed by atoms with Gasteiger partial charge in [-0.2, -0.15) is 8.78 Å². The first-order chi connectivity index (χ1) is 8.97. The normalized spacial score (nSPS) is 10.8. The molecule has 1 aromatic heterocycles. The number of benzene rings is 1. The molecule has 0 bridgehead atoms. The monoisotopic (exact) mass is 287 g/mol. The van der Waals surface area contributed by atoms with Crippen LogP contribution in [0.1, 0.15) is 17.4 Å². The van der Waals surface area contributed by atoms with Crippen LogP contribution in [0.25, 0.3) is 5.69 Å². The van der Waals surface area contributed by atoms with Gasteiger partial charge in [-0.05, 0) is 12.1 Å². The Kier molecular flexibility index (Phi) is 3.75. The number of ketones is 1. The zero-order valence-electron chi connectivity index (χ0n) is 9.68. The number of Topliss-reactive ketones (excluding diaryl/α,β-unsaturated/α-hetero) is 1. The highest BCUT2D eigenvalue weighted by molar-refractivity contribution is 6.32. The van der Waals surface area contributed by atoms with E-state index in [0.717, 1.165) is 0 Å². The number of hydrogen-bond donors (Lipinski definition) is 0. The molecule has 0 aliphatic rings. The number of ether oxygens (including phenoxy) is 1. The van der Waals surface area contributed by atoms with E-state index in [0.29, 0.717) is 5.69 Å². The van der Waals surface area contributed by atoms with Gasteiger partial charge in [-0.25, -0.2) is 4.68 Å². The van der Waals surface area contributed by atoms with E-state index in [1.165, 1.54) is 29.9 Å². The molecule has 0 N–H and O–H groups in total. The molecule has 0 aliphatic heterocycles. The molecule has 5 nitrogen and oxygen atoms in total. The van der Waals surface area contributed by atoms with E-state index in [4.69, 9.17) is 11.6 Å². The van der Waals surface area contributed by atoms with Crippen molar-refractivity contribution in [2.24, 2.45) is 0 Å². The van der Waals surface area contributed by atoms with E-state index in [-0.39, 0.29) is 22.2 Å². The van der Waals surface area contributed by atoms with Gasteiger partial charge >= 0.3 is 6.61 Å². The maximum absolute atomic E-state index is 12.2. The van der Waals surface area contributed by atoms with E-state index in [2.05, 4.69) is 15.0 Å². The van der Waals surface area contributed by atoms with E-state index in [1.54, 1.807) is 6.07 Å². The zero-order chi connectivity index (χ0) is 14.0. The molecule has 8 heteroatoms. The Morgan fingerprint density at radius 1 is 1.47 bits per heavy atom. The summed E-state index contributed by atoms with van der Waals surface area (Å²) in [6.07, 6.45) is 1.39. The highest BCUT2D eigenvalue weighted by Gasteiger charge is 2.12. The van der Waals surface area contributed by atoms with Crippen LogP contribution in [0.5, 0.6) is 5.75 Å². The Bertz CT molecular complexity index is 616. The summed E-state index contributed by atoms with van der Waals surface area (Å²) >= 11 is 5.73. The van der Waals surface area contributed by atoms with Gasteiger partial charge in [-0.1, -0.05) is 16.8 Å². The van der Waals surface area contributed by atoms with Gasteiger partial charge in [0.25, 0.3) is 0 Å². The molecule has 0 radical (unpaired) electrons. The molecule has 0 amide bonds. The van der Waals surface area contributed by atoms with Crippen LogP contribution in [0.3, 0.4) is 0 Å². The summed E-state index contributed by atoms with van der Waals surface area (Å²) in [5.41, 5.74) is 0.575. The van der Waals surface area contributed by atoms with Crippen molar-refractivity contribution in [1.29, 1.82) is 0 Å². The van der Waals surface area contributed by atoms with Gasteiger partial charge in [-0.15, -0.1) is 5.10 Å². The number of carbonyl (C=O) groups is 1. The Hall–Kier alpha value is -2.02. The summed E-state index contributed by atoms with van der Waals surface area (Å²) in [6, 6.07) is 4.22. The number of aromatic nitrogens is 3. The van der Waals surface area contributed by atoms with Gasteiger partial charge in [-0.3, -0.25) is 4.79 Å². The summed E-state index contributed by atoms with van der Waals surface area (Å²) in [4.78, 5) is 11.1. The van der Waals surface area contributed by atoms with Crippen molar-refractivity contribution in [3.05, 3.63) is 35.1 Å². The van der Waals surface area contributed by atoms with Crippen molar-refractivity contribution in [3.8, 4) is 11.4 Å². The van der Waals surface area contributed by atoms with Crippen LogP contribution in [-0.2, 0) is 0 Å². The van der Waals surface area contributed by atoms with Gasteiger partial charge in [0.15, 0.2) is 5.78 Å². The van der Waals surface area contributed by atoms with Gasteiger partial charge in [0.1, 0.15) is 11.4 Å². The summed E-state index contributed by atoms with van der Waals surface area (Å²) in [6.45, 7) is -1.63. The lowest BCUT2D eigenvalue weighted by molar-refractivity contribution is -0.0497. The van der Waals surface area contributed by atoms with Crippen molar-refractivity contribution < 1.29 is 18.3 Å². The molecule has 19 heavy (non-hydrogen) atoms. The first-order valence-electron chi connectivity index (χ1n) is 5.15. The summed E-state index contributed by atoms with van der Waals surface area (Å²) in [5, 5.41) is 7.42. The van der Waals surface area contributed by atoms with E-state index < -0.39 is 6.61 Å². The molecule has 0 aliphatic carbocycles. The van der Waals surface area contributed by atoms with Gasteiger partial charge in [0.2, 0.25) is 0 Å². The summed E-state index contributed by atoms with van der Waals surface area (Å²) < 4.78 is 29.9. The molecule has 0 saturated heterocycles. The number of alkyl halides is 2. The van der Waals surface area contributed by atoms with Crippen molar-refractivity contribution in [3.63, 3.8) is 0 Å². The van der Waals surface area contributed by atoms with Gasteiger partial charge in [0, 0.05) is 13.0 Å². The fraction of sp³-hybridized carbons (Fsp3) is 0.182. The minimum atomic E-state index is -2.98. The molecular formula is C11H8ClF2N3O2. The molecule has 2 aromatic rings. The fourth-order valence-electron chi connectivity index (χ4n) is 1.37. The average molecular weight is 288 g/mol. The zero-order valence-corrected chi connectivity index (χ0v) is 10.4. The largest absolute Gasteiger partial charge is 0.433 e. The lowest BCUT2D eigenvalue weighted by Gasteiger charge is -2.08. The minimum absolute atomic E-state index is 0.0518. The van der Waals surface area contributed by atoms with Crippen molar-refractivity contribution >= 4 is 17.4 Å². The Morgan fingerprint density at radius 2 is 2.21 bits per heavy atom. The number of rotatable bonds is 4. The highest BCUT2D eigenvalue weighted by atomic mass is 35.5. The predicted octanol–water partition coefficient (Wildman–Crippen LogP) is 2.72. The summed E-state index contributed by atoms with van der Waals surface area (Å²) in [7, 11) is 0. The number of nitrogens with zero attached hydrogens (tertiary/aromatic N) is 3. The number of hydrogen-bond acceptors (Lipinski definition) is 4. The topological polar surface area (TPSA) is 57.0 Å². The van der Waals surface area contributed by atoms with Gasteiger partial charge in [0.05, 0.1) is 16.9 Å². The van der Waals surface area contributed by atoms with Crippen LogP contribution >= 0.6 is 11.6 Å². The van der Waals surface area contributed by atoms with Crippen LogP contribution in [0.4, 0.5) is 8.78 Å². The van der Waals surface area contributed by atoms with Gasteiger partial charge < -0.3 is 4.74 Å². The second kappa shape index (κ2) is 5.31. The van der Waals surface area contributed by atoms with Crippen LogP contribution in [-0.4, -0.2) is 27.4 Å². The van der Waals surface area contributed by atoms with E-state index in [1.807, 2.05) is 0 Å². The molecule has 0 fully saturated rings. The Balaban J connectivity index is 2.36. The number of halogens is 3. The van der Waals surface area contributed by atoms with Crippen LogP contribution in [0, 0.1) is 0 Å². The molecule has 0 saturated carbocycles. The van der Waals surface area contributed by atoms with E-state index >= 15 is 0 Å². The minimum Gasteiger partial charge on any atom is -0.433 e. The molecule has 0 spiro atoms. The van der Waals surface area contributed by atoms with Crippen molar-refractivity contribution in [1.82, 2.24) is 15.0 Å². The van der Waals surface area contributed by atoms with Crippen LogP contribution in [0.2, 0.25) is 5.02 Å². The second-order valence-corrected chi connectivity index (χ2v) is 4.00. The Labute approximate surface area is 111 Å². The van der Waals surface area contributed by atoms with Crippen LogP contribution < -0.4 is 4.74 Å². The molecule has 0 unspecified atom stereocenters. The molecule has 1 heterocycles. The Morgan fingerprint density at radius 3 is 2.79 bits per heavy atom. The maximum atomic E-state index is 12.2. The third-order valence-corrected chi connectivity index (χ3v) is 2.56. The average Bonchev–Trinajstić information content (AvgIpc) is 2.81. The lowest BCUT2D eigenvalue weighted by atomic mass is 10.3. The smallest absolute Gasteiger partial charge is 0.387 e. The first kappa shape index (κ1) is 13.4. The second-order valence-electron chi connectivity index (χ2n) is 3.60. The van der Waals surface area contributed by atoms with E-state index in [9.17, 15) is 13.6 Å². The molecule has 0 atom stereocenters. The predicted molar refractivity (Wildman–Crippen MR) is 63.0 cm³/mol. The highest BCUT2D eigenvalue weighted by Crippen LogP contribution is 2.28. The molecule has 1 aromatic carbocycles. The number of carbonyl (C=O) groups excluding carboxylic acids is 1. The van der Waals surface area contributed by atoms with Crippen molar-refractivity contribution in [2.75, 3.05) is 0 Å². The van der Waals surface area contributed by atoms with Crippen LogP contribution in [0.15, 0.2) is 24.4 Å². The fourth-order valence-corrected chi connectivity index (χ4v) is 1.53.